The molecule has 1 saturated heterocycles. The van der Waals surface area contributed by atoms with Crippen LogP contribution in [0.1, 0.15) is 39.0 Å². The average Bonchev–Trinajstić information content (AvgIpc) is 2.96. The molecule has 0 bridgehead atoms. The summed E-state index contributed by atoms with van der Waals surface area (Å²) in [5.74, 6) is 0. The lowest BCUT2D eigenvalue weighted by atomic mass is 10.4. The molecule has 0 spiro atoms. The zero-order valence-electron chi connectivity index (χ0n) is 13.6. The monoisotopic (exact) mass is 320 g/mol. The van der Waals surface area contributed by atoms with E-state index in [4.69, 9.17) is 0 Å². The minimum Gasteiger partial charge on any atom is -0.317 e. The van der Waals surface area contributed by atoms with Crippen molar-refractivity contribution in [3.8, 4) is 0 Å². The fourth-order valence-electron chi connectivity index (χ4n) is 2.47. The molecule has 0 atom stereocenters. The van der Waals surface area contributed by atoms with Crippen LogP contribution in [0.25, 0.3) is 0 Å². The van der Waals surface area contributed by atoms with Crippen molar-refractivity contribution >= 4 is 10.2 Å². The maximum atomic E-state index is 12.0. The van der Waals surface area contributed by atoms with E-state index >= 15 is 0 Å². The highest BCUT2D eigenvalue weighted by Crippen LogP contribution is 2.07. The Morgan fingerprint density at radius 3 is 2.48 bits per heavy atom. The average molecular weight is 321 g/mol. The second kappa shape index (κ2) is 10.5. The van der Waals surface area contributed by atoms with Crippen molar-refractivity contribution in [3.05, 3.63) is 0 Å². The van der Waals surface area contributed by atoms with Gasteiger partial charge in [-0.3, -0.25) is 0 Å². The fraction of sp³-hybridized carbons (Fsp3) is 1.00. The molecule has 0 aliphatic carbocycles. The van der Waals surface area contributed by atoms with Crippen LogP contribution >= 0.6 is 0 Å². The van der Waals surface area contributed by atoms with E-state index in [1.807, 2.05) is 0 Å². The quantitative estimate of drug-likeness (QED) is 0.518. The molecule has 1 rings (SSSR count). The third-order valence-corrected chi connectivity index (χ3v) is 5.37. The number of nitrogens with one attached hydrogen (secondary N) is 2. The van der Waals surface area contributed by atoms with Crippen molar-refractivity contribution in [3.63, 3.8) is 0 Å². The van der Waals surface area contributed by atoms with Crippen molar-refractivity contribution < 1.29 is 8.42 Å². The van der Waals surface area contributed by atoms with Crippen LogP contribution in [-0.4, -0.2) is 70.5 Å². The topological polar surface area (TPSA) is 64.7 Å². The minimum absolute atomic E-state index is 0.525. The van der Waals surface area contributed by atoms with Gasteiger partial charge in [0.15, 0.2) is 0 Å². The molecule has 1 heterocycles. The molecule has 0 saturated carbocycles. The summed E-state index contributed by atoms with van der Waals surface area (Å²) in [4.78, 5) is 2.40. The predicted molar refractivity (Wildman–Crippen MR) is 87.6 cm³/mol. The molecule has 1 aliphatic rings. The van der Waals surface area contributed by atoms with Gasteiger partial charge in [-0.1, -0.05) is 6.92 Å². The van der Waals surface area contributed by atoms with Gasteiger partial charge in [-0.25, -0.2) is 4.72 Å². The highest BCUT2D eigenvalue weighted by Gasteiger charge is 2.16. The predicted octanol–water partition coefficient (Wildman–Crippen LogP) is 0.628. The second-order valence-corrected chi connectivity index (χ2v) is 7.59. The third-order valence-electron chi connectivity index (χ3n) is 3.80. The largest absolute Gasteiger partial charge is 0.317 e. The summed E-state index contributed by atoms with van der Waals surface area (Å²) in [6.45, 7) is 8.38. The second-order valence-electron chi connectivity index (χ2n) is 5.73. The van der Waals surface area contributed by atoms with Gasteiger partial charge >= 0.3 is 0 Å². The van der Waals surface area contributed by atoms with E-state index in [1.54, 1.807) is 7.05 Å². The summed E-state index contributed by atoms with van der Waals surface area (Å²) >= 11 is 0. The van der Waals surface area contributed by atoms with Gasteiger partial charge in [-0.15, -0.1) is 0 Å². The van der Waals surface area contributed by atoms with Gasteiger partial charge in [-0.2, -0.15) is 12.7 Å². The Morgan fingerprint density at radius 1 is 1.10 bits per heavy atom. The lowest BCUT2D eigenvalue weighted by Crippen LogP contribution is -2.40. The highest BCUT2D eigenvalue weighted by molar-refractivity contribution is 7.87. The first-order valence-corrected chi connectivity index (χ1v) is 9.64. The van der Waals surface area contributed by atoms with Gasteiger partial charge in [0.1, 0.15) is 0 Å². The van der Waals surface area contributed by atoms with Gasteiger partial charge < -0.3 is 10.2 Å². The number of nitrogens with zero attached hydrogens (tertiary/aromatic N) is 2. The molecule has 0 radical (unpaired) electrons. The Bertz CT molecular complexity index is 356. The summed E-state index contributed by atoms with van der Waals surface area (Å²) in [6.07, 6.45) is 5.38. The van der Waals surface area contributed by atoms with E-state index in [0.717, 1.165) is 52.0 Å². The van der Waals surface area contributed by atoms with E-state index in [-0.39, 0.29) is 0 Å². The van der Waals surface area contributed by atoms with Gasteiger partial charge in [0.2, 0.25) is 0 Å². The van der Waals surface area contributed by atoms with Gasteiger partial charge in [0, 0.05) is 20.1 Å². The molecule has 7 heteroatoms. The molecule has 0 aromatic heterocycles. The standard InChI is InChI=1S/C14H32N4O2S/c1-3-8-15-9-6-11-17(2)21(19,20)16-10-7-14-18-12-4-5-13-18/h15-16H,3-14H2,1-2H3. The van der Waals surface area contributed by atoms with E-state index in [1.165, 1.54) is 17.1 Å². The maximum Gasteiger partial charge on any atom is 0.279 e. The Balaban J connectivity index is 2.09. The molecule has 6 nitrogen and oxygen atoms in total. The normalized spacial score (nSPS) is 16.9. The van der Waals surface area contributed by atoms with Crippen molar-refractivity contribution in [2.24, 2.45) is 0 Å². The first-order chi connectivity index (χ1) is 10.1. The molecule has 126 valence electrons. The van der Waals surface area contributed by atoms with Crippen LogP contribution in [0.15, 0.2) is 0 Å². The molecule has 2 N–H and O–H groups in total. The molecule has 1 fully saturated rings. The molecule has 0 aromatic rings. The number of rotatable bonds is 12. The molecule has 1 aliphatic heterocycles. The SMILES string of the molecule is CCCNCCCN(C)S(=O)(=O)NCCCN1CCCC1. The fourth-order valence-corrected chi connectivity index (χ4v) is 3.46. The lowest BCUT2D eigenvalue weighted by molar-refractivity contribution is 0.333. The van der Waals surface area contributed by atoms with Crippen LogP contribution in [0.3, 0.4) is 0 Å². The summed E-state index contributed by atoms with van der Waals surface area (Å²) in [7, 11) is -1.67. The number of hydrogen-bond donors (Lipinski definition) is 2. The molecular weight excluding hydrogens is 288 g/mol. The molecule has 21 heavy (non-hydrogen) atoms. The third kappa shape index (κ3) is 8.11. The summed E-state index contributed by atoms with van der Waals surface area (Å²) in [5.41, 5.74) is 0. The first kappa shape index (κ1) is 18.8. The number of likely N-dealkylation sites (tertiary alicyclic amines) is 1. The van der Waals surface area contributed by atoms with E-state index in [0.29, 0.717) is 13.1 Å². The van der Waals surface area contributed by atoms with Crippen LogP contribution in [0.4, 0.5) is 0 Å². The van der Waals surface area contributed by atoms with Crippen LogP contribution in [0.2, 0.25) is 0 Å². The smallest absolute Gasteiger partial charge is 0.279 e. The molecular formula is C14H32N4O2S. The summed E-state index contributed by atoms with van der Waals surface area (Å²) in [5, 5.41) is 3.28. The van der Waals surface area contributed by atoms with E-state index in [9.17, 15) is 8.42 Å². The van der Waals surface area contributed by atoms with Gasteiger partial charge in [-0.05, 0) is 64.8 Å². The van der Waals surface area contributed by atoms with Crippen molar-refractivity contribution in [2.45, 2.75) is 39.0 Å². The maximum absolute atomic E-state index is 12.0. The highest BCUT2D eigenvalue weighted by atomic mass is 32.2. The van der Waals surface area contributed by atoms with Crippen LogP contribution in [0, 0.1) is 0 Å². The Hall–Kier alpha value is -0.210. The first-order valence-electron chi connectivity index (χ1n) is 8.20. The van der Waals surface area contributed by atoms with E-state index < -0.39 is 10.2 Å². The molecule has 0 unspecified atom stereocenters. The molecule has 0 aromatic carbocycles. The van der Waals surface area contributed by atoms with Crippen molar-refractivity contribution in [1.29, 1.82) is 0 Å². The Kier molecular flexibility index (Phi) is 9.42. The molecule has 0 amide bonds. The summed E-state index contributed by atoms with van der Waals surface area (Å²) in [6, 6.07) is 0. The zero-order chi connectivity index (χ0) is 15.6. The van der Waals surface area contributed by atoms with Gasteiger partial charge in [0.25, 0.3) is 10.2 Å². The van der Waals surface area contributed by atoms with Crippen LogP contribution in [-0.2, 0) is 10.2 Å². The van der Waals surface area contributed by atoms with Gasteiger partial charge in [0.05, 0.1) is 0 Å². The van der Waals surface area contributed by atoms with E-state index in [2.05, 4.69) is 21.9 Å². The number of hydrogen-bond acceptors (Lipinski definition) is 4. The van der Waals surface area contributed by atoms with Crippen molar-refractivity contribution in [2.75, 3.05) is 52.9 Å². The Morgan fingerprint density at radius 2 is 1.81 bits per heavy atom. The van der Waals surface area contributed by atoms with Crippen LogP contribution in [0.5, 0.6) is 0 Å². The zero-order valence-corrected chi connectivity index (χ0v) is 14.4. The summed E-state index contributed by atoms with van der Waals surface area (Å²) < 4.78 is 28.2. The van der Waals surface area contributed by atoms with Crippen molar-refractivity contribution in [1.82, 2.24) is 19.2 Å². The van der Waals surface area contributed by atoms with Crippen LogP contribution < -0.4 is 10.0 Å². The lowest BCUT2D eigenvalue weighted by Gasteiger charge is -2.19. The Labute approximate surface area is 130 Å². The minimum atomic E-state index is -3.31.